The van der Waals surface area contributed by atoms with Gasteiger partial charge in [0.05, 0.1) is 34.3 Å². The third kappa shape index (κ3) is 10.1. The monoisotopic (exact) mass is 560 g/mol. The zero-order chi connectivity index (χ0) is 27.0. The summed E-state index contributed by atoms with van der Waals surface area (Å²) in [6, 6.07) is 7.39. The van der Waals surface area contributed by atoms with E-state index in [1.807, 2.05) is 12.1 Å². The molecule has 0 aliphatic carbocycles. The Hall–Kier alpha value is -1.78. The summed E-state index contributed by atoms with van der Waals surface area (Å²) in [6.45, 7) is 5.86. The molecular weight excluding hydrogens is 515 g/mol. The first-order valence-electron chi connectivity index (χ1n) is 15.0. The molecule has 210 valence electrons. The van der Waals surface area contributed by atoms with Gasteiger partial charge in [-0.15, -0.1) is 0 Å². The maximum Gasteiger partial charge on any atom is 0.163 e. The largest absolute Gasteiger partial charge is 0.490 e. The Morgan fingerprint density at radius 3 is 1.24 bits per heavy atom. The summed E-state index contributed by atoms with van der Waals surface area (Å²) in [5, 5.41) is 1.07. The third-order valence-electron chi connectivity index (χ3n) is 7.07. The molecular formula is C32H46Cl2N2O2. The molecule has 0 amide bonds. The molecule has 1 heterocycles. The summed E-state index contributed by atoms with van der Waals surface area (Å²) in [5.41, 5.74) is 2.67. The number of aromatic nitrogens is 2. The Morgan fingerprint density at radius 1 is 0.526 bits per heavy atom. The molecule has 0 spiro atoms. The fourth-order valence-electron chi connectivity index (χ4n) is 4.76. The second-order valence-electron chi connectivity index (χ2n) is 10.4. The maximum atomic E-state index is 6.40. The fraction of sp³-hybridized carbons (Fsp3) is 0.625. The lowest BCUT2D eigenvalue weighted by Gasteiger charge is -2.14. The van der Waals surface area contributed by atoms with Crippen LogP contribution in [0.2, 0.25) is 10.0 Å². The van der Waals surface area contributed by atoms with E-state index in [0.29, 0.717) is 34.3 Å². The normalized spacial score (nSPS) is 11.5. The summed E-state index contributed by atoms with van der Waals surface area (Å²) < 4.78 is 12.5. The van der Waals surface area contributed by atoms with E-state index in [2.05, 4.69) is 13.8 Å². The smallest absolute Gasteiger partial charge is 0.163 e. The zero-order valence-electron chi connectivity index (χ0n) is 23.5. The van der Waals surface area contributed by atoms with Crippen molar-refractivity contribution in [3.8, 4) is 11.5 Å². The predicted octanol–water partition coefficient (Wildman–Crippen LogP) is 11.1. The van der Waals surface area contributed by atoms with Gasteiger partial charge in [-0.3, -0.25) is 0 Å². The van der Waals surface area contributed by atoms with Gasteiger partial charge >= 0.3 is 0 Å². The molecule has 1 aromatic heterocycles. The number of hydrogen-bond donors (Lipinski definition) is 0. The number of nitrogens with zero attached hydrogens (tertiary/aromatic N) is 2. The van der Waals surface area contributed by atoms with Crippen molar-refractivity contribution < 1.29 is 9.47 Å². The summed E-state index contributed by atoms with van der Waals surface area (Å²) in [7, 11) is 0. The number of ether oxygens (including phenoxy) is 2. The molecule has 0 saturated carbocycles. The van der Waals surface area contributed by atoms with E-state index in [9.17, 15) is 0 Å². The van der Waals surface area contributed by atoms with Crippen molar-refractivity contribution in [3.63, 3.8) is 0 Å². The second kappa shape index (κ2) is 17.7. The first kappa shape index (κ1) is 30.8. The van der Waals surface area contributed by atoms with Crippen molar-refractivity contribution in [2.75, 3.05) is 13.2 Å². The van der Waals surface area contributed by atoms with E-state index in [1.54, 1.807) is 12.1 Å². The molecule has 2 aromatic carbocycles. The molecule has 6 heteroatoms. The van der Waals surface area contributed by atoms with Gasteiger partial charge in [0.1, 0.15) is 11.0 Å². The molecule has 0 N–H and O–H groups in total. The van der Waals surface area contributed by atoms with E-state index < -0.39 is 0 Å². The van der Waals surface area contributed by atoms with E-state index >= 15 is 0 Å². The highest BCUT2D eigenvalue weighted by atomic mass is 35.5. The van der Waals surface area contributed by atoms with Gasteiger partial charge in [0.15, 0.2) is 11.5 Å². The van der Waals surface area contributed by atoms with Gasteiger partial charge in [-0.1, -0.05) is 127 Å². The first-order chi connectivity index (χ1) is 18.6. The van der Waals surface area contributed by atoms with Gasteiger partial charge in [-0.05, 0) is 25.0 Å². The van der Waals surface area contributed by atoms with Crippen molar-refractivity contribution in [2.45, 2.75) is 117 Å². The summed E-state index contributed by atoms with van der Waals surface area (Å²) in [6.07, 6.45) is 20.3. The average molecular weight is 562 g/mol. The minimum absolute atomic E-state index is 0.537. The minimum Gasteiger partial charge on any atom is -0.490 e. The number of benzene rings is 2. The highest BCUT2D eigenvalue weighted by molar-refractivity contribution is 6.39. The molecule has 0 bridgehead atoms. The first-order valence-corrected chi connectivity index (χ1v) is 15.7. The van der Waals surface area contributed by atoms with Gasteiger partial charge in [0, 0.05) is 12.1 Å². The Labute approximate surface area is 239 Å². The lowest BCUT2D eigenvalue weighted by atomic mass is 10.1. The topological polar surface area (TPSA) is 44.2 Å². The van der Waals surface area contributed by atoms with Crippen LogP contribution in [0.15, 0.2) is 24.3 Å². The Kier molecular flexibility index (Phi) is 14.4. The Bertz CT molecular complexity index is 1020. The van der Waals surface area contributed by atoms with Crippen molar-refractivity contribution >= 4 is 45.3 Å². The Balaban J connectivity index is 1.61. The molecule has 0 atom stereocenters. The molecule has 4 nitrogen and oxygen atoms in total. The highest BCUT2D eigenvalue weighted by Gasteiger charge is 2.14. The molecule has 0 radical (unpaired) electrons. The Morgan fingerprint density at radius 2 is 0.868 bits per heavy atom. The number of fused-ring (bicyclic) bond motifs is 2. The van der Waals surface area contributed by atoms with Gasteiger partial charge in [-0.2, -0.15) is 0 Å². The van der Waals surface area contributed by atoms with Crippen LogP contribution in [-0.4, -0.2) is 23.2 Å². The van der Waals surface area contributed by atoms with Crippen LogP contribution in [-0.2, 0) is 0 Å². The van der Waals surface area contributed by atoms with Crippen molar-refractivity contribution in [2.24, 2.45) is 0 Å². The average Bonchev–Trinajstić information content (AvgIpc) is 2.92. The van der Waals surface area contributed by atoms with Gasteiger partial charge in [0.25, 0.3) is 0 Å². The summed E-state index contributed by atoms with van der Waals surface area (Å²) in [4.78, 5) is 9.54. The lowest BCUT2D eigenvalue weighted by molar-refractivity contribution is 0.259. The highest BCUT2D eigenvalue weighted by Crippen LogP contribution is 2.35. The molecule has 0 aliphatic heterocycles. The molecule has 0 unspecified atom stereocenters. The van der Waals surface area contributed by atoms with Crippen LogP contribution in [0, 0.1) is 0 Å². The van der Waals surface area contributed by atoms with Gasteiger partial charge in [-0.25, -0.2) is 9.97 Å². The van der Waals surface area contributed by atoms with Crippen molar-refractivity contribution in [3.05, 3.63) is 34.3 Å². The van der Waals surface area contributed by atoms with E-state index in [0.717, 1.165) is 35.4 Å². The third-order valence-corrected chi connectivity index (χ3v) is 7.68. The van der Waals surface area contributed by atoms with Crippen LogP contribution in [0.1, 0.15) is 117 Å². The lowest BCUT2D eigenvalue weighted by Crippen LogP contribution is -2.04. The van der Waals surface area contributed by atoms with Crippen LogP contribution in [0.5, 0.6) is 11.5 Å². The number of halogens is 2. The van der Waals surface area contributed by atoms with Crippen molar-refractivity contribution in [1.82, 2.24) is 9.97 Å². The summed E-state index contributed by atoms with van der Waals surface area (Å²) >= 11 is 12.8. The predicted molar refractivity (Wildman–Crippen MR) is 163 cm³/mol. The molecule has 0 saturated heterocycles. The fourth-order valence-corrected chi connectivity index (χ4v) is 5.15. The van der Waals surface area contributed by atoms with Crippen LogP contribution < -0.4 is 9.47 Å². The number of hydrogen-bond acceptors (Lipinski definition) is 4. The van der Waals surface area contributed by atoms with Crippen LogP contribution in [0.25, 0.3) is 22.1 Å². The van der Waals surface area contributed by atoms with Crippen LogP contribution in [0.4, 0.5) is 0 Å². The molecule has 3 rings (SSSR count). The molecule has 0 aliphatic rings. The SMILES string of the molecule is CCCCCCCCCCOc1cc2nc3c(Cl)ccc(Cl)c3nc2cc1OCCCCCCCCCC. The minimum atomic E-state index is 0.537. The van der Waals surface area contributed by atoms with Crippen molar-refractivity contribution in [1.29, 1.82) is 0 Å². The van der Waals surface area contributed by atoms with Crippen LogP contribution >= 0.6 is 23.2 Å². The molecule has 38 heavy (non-hydrogen) atoms. The van der Waals surface area contributed by atoms with Gasteiger partial charge < -0.3 is 9.47 Å². The zero-order valence-corrected chi connectivity index (χ0v) is 25.0. The van der Waals surface area contributed by atoms with E-state index in [1.165, 1.54) is 89.9 Å². The molecule has 3 aromatic rings. The maximum absolute atomic E-state index is 6.40. The number of rotatable bonds is 20. The molecule has 0 fully saturated rings. The van der Waals surface area contributed by atoms with E-state index in [4.69, 9.17) is 42.6 Å². The number of unbranched alkanes of at least 4 members (excludes halogenated alkanes) is 14. The van der Waals surface area contributed by atoms with Gasteiger partial charge in [0.2, 0.25) is 0 Å². The standard InChI is InChI=1S/C32H46Cl2N2O2/c1-3-5-7-9-11-13-15-17-21-37-29-23-27-28(36-32-26(34)20-19-25(33)31(32)35-27)24-30(29)38-22-18-16-14-12-10-8-6-4-2/h19-20,23-24H,3-18,21-22H2,1-2H3. The quantitative estimate of drug-likeness (QED) is 0.102. The van der Waals surface area contributed by atoms with E-state index in [-0.39, 0.29) is 0 Å². The van der Waals surface area contributed by atoms with Crippen LogP contribution in [0.3, 0.4) is 0 Å². The second-order valence-corrected chi connectivity index (χ2v) is 11.2. The summed E-state index contributed by atoms with van der Waals surface area (Å²) in [5.74, 6) is 1.46.